The molecular weight excluding hydrogens is 272 g/mol. The van der Waals surface area contributed by atoms with Gasteiger partial charge in [0.2, 0.25) is 10.0 Å². The molecule has 0 aromatic heterocycles. The quantitative estimate of drug-likeness (QED) is 0.840. The predicted molar refractivity (Wildman–Crippen MR) is 75.3 cm³/mol. The molecule has 1 fully saturated rings. The van der Waals surface area contributed by atoms with Gasteiger partial charge in [0.05, 0.1) is 16.0 Å². The second kappa shape index (κ2) is 5.36. The molecular formula is C12H17ClN2O2S. The summed E-state index contributed by atoms with van der Waals surface area (Å²) >= 11 is 5.97. The Labute approximate surface area is 113 Å². The van der Waals surface area contributed by atoms with Crippen molar-refractivity contribution in [1.29, 1.82) is 0 Å². The van der Waals surface area contributed by atoms with Gasteiger partial charge in [-0.15, -0.1) is 0 Å². The Kier molecular flexibility index (Phi) is 4.02. The number of anilines is 2. The van der Waals surface area contributed by atoms with Crippen LogP contribution in [0.15, 0.2) is 18.2 Å². The Bertz CT molecular complexity index is 525. The minimum Gasteiger partial charge on any atom is -0.399 e. The summed E-state index contributed by atoms with van der Waals surface area (Å²) < 4.78 is 27.0. The normalized spacial score (nSPS) is 17.6. The molecule has 1 aromatic carbocycles. The van der Waals surface area contributed by atoms with Gasteiger partial charge < -0.3 is 5.73 Å². The maximum atomic E-state index is 12.2. The summed E-state index contributed by atoms with van der Waals surface area (Å²) in [6, 6.07) is 4.77. The Morgan fingerprint density at radius 3 is 2.50 bits per heavy atom. The maximum absolute atomic E-state index is 12.2. The van der Waals surface area contributed by atoms with Crippen molar-refractivity contribution >= 4 is 33.0 Å². The first-order valence-corrected chi connectivity index (χ1v) is 7.98. The largest absolute Gasteiger partial charge is 0.399 e. The van der Waals surface area contributed by atoms with Gasteiger partial charge >= 0.3 is 0 Å². The predicted octanol–water partition coefficient (Wildman–Crippen LogP) is 3.00. The molecule has 0 saturated heterocycles. The lowest BCUT2D eigenvalue weighted by Gasteiger charge is -2.22. The van der Waals surface area contributed by atoms with Crippen molar-refractivity contribution in [3.63, 3.8) is 0 Å². The summed E-state index contributed by atoms with van der Waals surface area (Å²) in [7, 11) is -3.35. The molecule has 0 amide bonds. The van der Waals surface area contributed by atoms with E-state index < -0.39 is 10.0 Å². The highest BCUT2D eigenvalue weighted by molar-refractivity contribution is 7.93. The summed E-state index contributed by atoms with van der Waals surface area (Å²) in [5.74, 6) is 0. The fourth-order valence-electron chi connectivity index (χ4n) is 2.23. The van der Waals surface area contributed by atoms with Crippen molar-refractivity contribution in [3.8, 4) is 0 Å². The smallest absolute Gasteiger partial charge is 0.235 e. The van der Waals surface area contributed by atoms with E-state index in [9.17, 15) is 8.42 Å². The number of hydrogen-bond donors (Lipinski definition) is 2. The molecule has 0 heterocycles. The molecule has 100 valence electrons. The lowest BCUT2D eigenvalue weighted by molar-refractivity contribution is 0.486. The van der Waals surface area contributed by atoms with Gasteiger partial charge in [0, 0.05) is 5.69 Å². The van der Waals surface area contributed by atoms with Gasteiger partial charge in [-0.2, -0.15) is 0 Å². The molecule has 1 aliphatic rings. The van der Waals surface area contributed by atoms with Crippen LogP contribution >= 0.6 is 11.6 Å². The second-order valence-corrected chi connectivity index (χ2v) is 7.01. The number of nitrogen functional groups attached to an aromatic ring is 1. The van der Waals surface area contributed by atoms with E-state index in [0.717, 1.165) is 32.1 Å². The zero-order chi connectivity index (χ0) is 13.2. The summed E-state index contributed by atoms with van der Waals surface area (Å²) in [5, 5.41) is 0.0225. The summed E-state index contributed by atoms with van der Waals surface area (Å²) in [6.07, 6.45) is 4.51. The summed E-state index contributed by atoms with van der Waals surface area (Å²) in [5.41, 5.74) is 6.49. The molecule has 0 spiro atoms. The molecule has 3 N–H and O–H groups in total. The molecule has 1 aromatic rings. The van der Waals surface area contributed by atoms with Crippen molar-refractivity contribution in [2.75, 3.05) is 10.5 Å². The van der Waals surface area contributed by atoms with E-state index >= 15 is 0 Å². The summed E-state index contributed by atoms with van der Waals surface area (Å²) in [4.78, 5) is 0. The molecule has 0 radical (unpaired) electrons. The van der Waals surface area contributed by atoms with Crippen LogP contribution < -0.4 is 10.5 Å². The Morgan fingerprint density at radius 2 is 1.89 bits per heavy atom. The number of benzene rings is 1. The molecule has 0 atom stereocenters. The molecule has 1 saturated carbocycles. The molecule has 1 aliphatic carbocycles. The number of hydrogen-bond acceptors (Lipinski definition) is 3. The number of nitrogens with one attached hydrogen (secondary N) is 1. The third kappa shape index (κ3) is 3.09. The highest BCUT2D eigenvalue weighted by Gasteiger charge is 2.27. The Balaban J connectivity index is 2.16. The number of halogens is 1. The topological polar surface area (TPSA) is 72.2 Å². The molecule has 18 heavy (non-hydrogen) atoms. The third-order valence-electron chi connectivity index (χ3n) is 3.24. The van der Waals surface area contributed by atoms with Crippen LogP contribution in [0.5, 0.6) is 0 Å². The average molecular weight is 289 g/mol. The van der Waals surface area contributed by atoms with Crippen LogP contribution in [0.25, 0.3) is 0 Å². The average Bonchev–Trinajstić information content (AvgIpc) is 2.34. The van der Waals surface area contributed by atoms with Crippen LogP contribution in [0.4, 0.5) is 11.4 Å². The lowest BCUT2D eigenvalue weighted by Crippen LogP contribution is -2.29. The van der Waals surface area contributed by atoms with Gasteiger partial charge in [0.15, 0.2) is 0 Å². The molecule has 0 aliphatic heterocycles. The van der Waals surface area contributed by atoms with Crippen LogP contribution in [0.3, 0.4) is 0 Å². The highest BCUT2D eigenvalue weighted by Crippen LogP contribution is 2.29. The number of sulfonamides is 1. The second-order valence-electron chi connectivity index (χ2n) is 4.65. The van der Waals surface area contributed by atoms with E-state index in [1.54, 1.807) is 18.2 Å². The van der Waals surface area contributed by atoms with Gasteiger partial charge in [-0.1, -0.05) is 30.9 Å². The van der Waals surface area contributed by atoms with Crippen LogP contribution in [-0.2, 0) is 10.0 Å². The molecule has 6 heteroatoms. The number of rotatable bonds is 3. The zero-order valence-electron chi connectivity index (χ0n) is 10.0. The first-order chi connectivity index (χ1) is 8.49. The molecule has 0 unspecified atom stereocenters. The van der Waals surface area contributed by atoms with E-state index in [0.29, 0.717) is 16.4 Å². The van der Waals surface area contributed by atoms with Crippen LogP contribution in [0.2, 0.25) is 5.02 Å². The minimum atomic E-state index is -3.35. The molecule has 0 bridgehead atoms. The Hall–Kier alpha value is -0.940. The van der Waals surface area contributed by atoms with E-state index in [1.807, 2.05) is 0 Å². The fourth-order valence-corrected chi connectivity index (χ4v) is 4.12. The van der Waals surface area contributed by atoms with Crippen LogP contribution in [0, 0.1) is 0 Å². The lowest BCUT2D eigenvalue weighted by atomic mass is 10.0. The van der Waals surface area contributed by atoms with Crippen molar-refractivity contribution in [3.05, 3.63) is 23.2 Å². The van der Waals surface area contributed by atoms with E-state index in [-0.39, 0.29) is 5.25 Å². The molecule has 4 nitrogen and oxygen atoms in total. The van der Waals surface area contributed by atoms with Crippen molar-refractivity contribution in [2.45, 2.75) is 37.4 Å². The van der Waals surface area contributed by atoms with Gasteiger partial charge in [-0.25, -0.2) is 8.42 Å². The van der Waals surface area contributed by atoms with E-state index in [2.05, 4.69) is 4.72 Å². The summed E-state index contributed by atoms with van der Waals surface area (Å²) in [6.45, 7) is 0. The van der Waals surface area contributed by atoms with Gasteiger partial charge in [0.25, 0.3) is 0 Å². The Morgan fingerprint density at radius 1 is 1.22 bits per heavy atom. The maximum Gasteiger partial charge on any atom is 0.235 e. The van der Waals surface area contributed by atoms with Crippen LogP contribution in [-0.4, -0.2) is 13.7 Å². The first-order valence-electron chi connectivity index (χ1n) is 6.06. The zero-order valence-corrected chi connectivity index (χ0v) is 11.6. The van der Waals surface area contributed by atoms with Gasteiger partial charge in [-0.3, -0.25) is 4.72 Å². The van der Waals surface area contributed by atoms with E-state index in [1.165, 1.54) is 0 Å². The minimum absolute atomic E-state index is 0.306. The van der Waals surface area contributed by atoms with Crippen LogP contribution in [0.1, 0.15) is 32.1 Å². The monoisotopic (exact) mass is 288 g/mol. The van der Waals surface area contributed by atoms with Gasteiger partial charge in [0.1, 0.15) is 0 Å². The standard InChI is InChI=1S/C12H17ClN2O2S/c13-11-8-9(14)6-7-12(11)15-18(16,17)10-4-2-1-3-5-10/h6-8,10,15H,1-5,14H2. The van der Waals surface area contributed by atoms with Gasteiger partial charge in [-0.05, 0) is 31.0 Å². The third-order valence-corrected chi connectivity index (χ3v) is 5.40. The number of nitrogens with two attached hydrogens (primary N) is 1. The van der Waals surface area contributed by atoms with Crippen molar-refractivity contribution in [2.24, 2.45) is 0 Å². The highest BCUT2D eigenvalue weighted by atomic mass is 35.5. The van der Waals surface area contributed by atoms with E-state index in [4.69, 9.17) is 17.3 Å². The molecule has 2 rings (SSSR count). The fraction of sp³-hybridized carbons (Fsp3) is 0.500. The first kappa shape index (κ1) is 13.5. The van der Waals surface area contributed by atoms with Crippen molar-refractivity contribution in [1.82, 2.24) is 0 Å². The van der Waals surface area contributed by atoms with Crippen molar-refractivity contribution < 1.29 is 8.42 Å². The SMILES string of the molecule is Nc1ccc(NS(=O)(=O)C2CCCCC2)c(Cl)c1.